The van der Waals surface area contributed by atoms with Crippen LogP contribution in [0.25, 0.3) is 0 Å². The van der Waals surface area contributed by atoms with Gasteiger partial charge in [-0.15, -0.1) is 0 Å². The van der Waals surface area contributed by atoms with Gasteiger partial charge in [-0.1, -0.05) is 19.1 Å². The second-order valence-electron chi connectivity index (χ2n) is 3.07. The molecule has 0 bridgehead atoms. The van der Waals surface area contributed by atoms with Gasteiger partial charge >= 0.3 is 5.97 Å². The molecule has 14 heavy (non-hydrogen) atoms. The van der Waals surface area contributed by atoms with Crippen molar-refractivity contribution in [2.75, 3.05) is 0 Å². The number of carbonyl (C=O) groups excluding carboxylic acids is 1. The van der Waals surface area contributed by atoms with Crippen LogP contribution in [0.5, 0.6) is 0 Å². The molecule has 0 aliphatic carbocycles. The van der Waals surface area contributed by atoms with Gasteiger partial charge in [0.15, 0.2) is 0 Å². The van der Waals surface area contributed by atoms with Crippen LogP contribution in [-0.2, 0) is 11.2 Å². The third-order valence-electron chi connectivity index (χ3n) is 2.00. The van der Waals surface area contributed by atoms with Crippen LogP contribution in [0.2, 0.25) is 0 Å². The van der Waals surface area contributed by atoms with Crippen molar-refractivity contribution < 1.29 is 14.7 Å². The van der Waals surface area contributed by atoms with Crippen molar-refractivity contribution in [2.24, 2.45) is 0 Å². The van der Waals surface area contributed by atoms with Crippen LogP contribution in [0.4, 0.5) is 0 Å². The van der Waals surface area contributed by atoms with Gasteiger partial charge in [0, 0.05) is 12.8 Å². The molecule has 0 unspecified atom stereocenters. The van der Waals surface area contributed by atoms with E-state index in [2.05, 4.69) is 0 Å². The van der Waals surface area contributed by atoms with Crippen LogP contribution in [0.15, 0.2) is 24.3 Å². The normalized spacial score (nSPS) is 9.79. The summed E-state index contributed by atoms with van der Waals surface area (Å²) in [5.41, 5.74) is 1.11. The molecule has 0 spiro atoms. The zero-order valence-electron chi connectivity index (χ0n) is 7.99. The van der Waals surface area contributed by atoms with Gasteiger partial charge in [-0.3, -0.25) is 4.79 Å². The van der Waals surface area contributed by atoms with Crippen LogP contribution in [-0.4, -0.2) is 16.9 Å². The third-order valence-corrected chi connectivity index (χ3v) is 2.00. The van der Waals surface area contributed by atoms with E-state index < -0.39 is 5.97 Å². The van der Waals surface area contributed by atoms with E-state index in [1.807, 2.05) is 6.92 Å². The number of benzene rings is 1. The maximum absolute atomic E-state index is 11.1. The summed E-state index contributed by atoms with van der Waals surface area (Å²) in [5.74, 6) is -0.786. The molecule has 3 heteroatoms. The first-order valence-electron chi connectivity index (χ1n) is 4.47. The lowest BCUT2D eigenvalue weighted by Crippen LogP contribution is -2.01. The molecule has 3 nitrogen and oxygen atoms in total. The van der Waals surface area contributed by atoms with Crippen LogP contribution in [0.1, 0.15) is 29.3 Å². The maximum atomic E-state index is 11.1. The van der Waals surface area contributed by atoms with Gasteiger partial charge in [0.05, 0.1) is 5.56 Å². The van der Waals surface area contributed by atoms with Gasteiger partial charge in [0.1, 0.15) is 5.78 Å². The number of hydrogen-bond acceptors (Lipinski definition) is 2. The molecule has 74 valence electrons. The van der Waals surface area contributed by atoms with Crippen LogP contribution in [0.3, 0.4) is 0 Å². The quantitative estimate of drug-likeness (QED) is 0.792. The molecule has 0 amide bonds. The Morgan fingerprint density at radius 3 is 2.21 bits per heavy atom. The van der Waals surface area contributed by atoms with Crippen LogP contribution in [0, 0.1) is 0 Å². The molecule has 0 radical (unpaired) electrons. The third kappa shape index (κ3) is 2.69. The highest BCUT2D eigenvalue weighted by Gasteiger charge is 2.03. The van der Waals surface area contributed by atoms with Gasteiger partial charge < -0.3 is 5.11 Å². The topological polar surface area (TPSA) is 54.4 Å². The molecule has 0 aliphatic heterocycles. The van der Waals surface area contributed by atoms with Crippen molar-refractivity contribution >= 4 is 11.8 Å². The summed E-state index contributed by atoms with van der Waals surface area (Å²) in [4.78, 5) is 21.6. The average Bonchev–Trinajstić information content (AvgIpc) is 2.18. The first kappa shape index (κ1) is 10.4. The number of hydrogen-bond donors (Lipinski definition) is 1. The molecular formula is C11H12O3. The minimum Gasteiger partial charge on any atom is -0.478 e. The zero-order chi connectivity index (χ0) is 10.6. The molecule has 0 atom stereocenters. The van der Waals surface area contributed by atoms with Crippen molar-refractivity contribution in [3.05, 3.63) is 35.4 Å². The second kappa shape index (κ2) is 4.56. The Kier molecular flexibility index (Phi) is 3.40. The van der Waals surface area contributed by atoms with E-state index in [4.69, 9.17) is 5.11 Å². The lowest BCUT2D eigenvalue weighted by molar-refractivity contribution is -0.118. The van der Waals surface area contributed by atoms with Gasteiger partial charge in [-0.2, -0.15) is 0 Å². The second-order valence-corrected chi connectivity index (χ2v) is 3.07. The predicted molar refractivity (Wildman–Crippen MR) is 52.4 cm³/mol. The fourth-order valence-corrected chi connectivity index (χ4v) is 1.12. The average molecular weight is 192 g/mol. The Balaban J connectivity index is 2.73. The smallest absolute Gasteiger partial charge is 0.335 e. The van der Waals surface area contributed by atoms with Crippen molar-refractivity contribution in [2.45, 2.75) is 19.8 Å². The highest BCUT2D eigenvalue weighted by atomic mass is 16.4. The van der Waals surface area contributed by atoms with E-state index >= 15 is 0 Å². The standard InChI is InChI=1S/C11H12O3/c1-2-10(12)7-8-3-5-9(6-4-8)11(13)14/h3-6H,2,7H2,1H3,(H,13,14). The number of rotatable bonds is 4. The molecular weight excluding hydrogens is 180 g/mol. The number of carboxylic acids is 1. The Morgan fingerprint density at radius 2 is 1.79 bits per heavy atom. The van der Waals surface area contributed by atoms with E-state index in [9.17, 15) is 9.59 Å². The minimum atomic E-state index is -0.946. The molecule has 0 fully saturated rings. The van der Waals surface area contributed by atoms with Crippen molar-refractivity contribution in [1.29, 1.82) is 0 Å². The number of aromatic carboxylic acids is 1. The Bertz CT molecular complexity index is 338. The first-order valence-corrected chi connectivity index (χ1v) is 4.47. The minimum absolute atomic E-state index is 0.160. The van der Waals surface area contributed by atoms with Gasteiger partial charge in [-0.25, -0.2) is 4.79 Å². The lowest BCUT2D eigenvalue weighted by Gasteiger charge is -1.99. The summed E-state index contributed by atoms with van der Waals surface area (Å²) in [6.07, 6.45) is 0.900. The van der Waals surface area contributed by atoms with Gasteiger partial charge in [0.2, 0.25) is 0 Å². The number of Topliss-reactive ketones (excluding diaryl/α,β-unsaturated/α-hetero) is 1. The van der Waals surface area contributed by atoms with E-state index in [-0.39, 0.29) is 11.3 Å². The summed E-state index contributed by atoms with van der Waals surface area (Å²) >= 11 is 0. The zero-order valence-corrected chi connectivity index (χ0v) is 7.99. The number of carbonyl (C=O) groups is 2. The Hall–Kier alpha value is -1.64. The van der Waals surface area contributed by atoms with Crippen LogP contribution < -0.4 is 0 Å². The summed E-state index contributed by atoms with van der Waals surface area (Å²) in [6, 6.07) is 6.38. The Labute approximate surface area is 82.4 Å². The highest BCUT2D eigenvalue weighted by molar-refractivity contribution is 5.87. The molecule has 0 heterocycles. The fourth-order valence-electron chi connectivity index (χ4n) is 1.12. The molecule has 1 aromatic carbocycles. The lowest BCUT2D eigenvalue weighted by atomic mass is 10.1. The largest absolute Gasteiger partial charge is 0.478 e. The van der Waals surface area contributed by atoms with Crippen molar-refractivity contribution in [3.63, 3.8) is 0 Å². The first-order chi connectivity index (χ1) is 6.63. The van der Waals surface area contributed by atoms with E-state index in [0.29, 0.717) is 12.8 Å². The van der Waals surface area contributed by atoms with Crippen molar-refractivity contribution in [3.8, 4) is 0 Å². The van der Waals surface area contributed by atoms with Gasteiger partial charge in [0.25, 0.3) is 0 Å². The highest BCUT2D eigenvalue weighted by Crippen LogP contribution is 2.06. The Morgan fingerprint density at radius 1 is 1.21 bits per heavy atom. The molecule has 1 N–H and O–H groups in total. The molecule has 0 saturated heterocycles. The maximum Gasteiger partial charge on any atom is 0.335 e. The monoisotopic (exact) mass is 192 g/mol. The van der Waals surface area contributed by atoms with Crippen LogP contribution >= 0.6 is 0 Å². The molecule has 0 saturated carbocycles. The summed E-state index contributed by atoms with van der Waals surface area (Å²) < 4.78 is 0. The fraction of sp³-hybridized carbons (Fsp3) is 0.273. The van der Waals surface area contributed by atoms with E-state index in [0.717, 1.165) is 5.56 Å². The molecule has 1 rings (SSSR count). The summed E-state index contributed by atoms with van der Waals surface area (Å²) in [7, 11) is 0. The SMILES string of the molecule is CCC(=O)Cc1ccc(C(=O)O)cc1. The molecule has 1 aromatic rings. The van der Waals surface area contributed by atoms with Gasteiger partial charge in [-0.05, 0) is 17.7 Å². The number of ketones is 1. The molecule has 0 aromatic heterocycles. The summed E-state index contributed by atoms with van der Waals surface area (Å²) in [6.45, 7) is 1.81. The summed E-state index contributed by atoms with van der Waals surface area (Å²) in [5, 5.41) is 8.64. The van der Waals surface area contributed by atoms with E-state index in [1.54, 1.807) is 12.1 Å². The van der Waals surface area contributed by atoms with Crippen molar-refractivity contribution in [1.82, 2.24) is 0 Å². The molecule has 0 aliphatic rings. The predicted octanol–water partition coefficient (Wildman–Crippen LogP) is 1.91. The number of carboxylic acid groups (broad SMARTS) is 1. The van der Waals surface area contributed by atoms with E-state index in [1.165, 1.54) is 12.1 Å².